The quantitative estimate of drug-likeness (QED) is 0.850. The van der Waals surface area contributed by atoms with Crippen LogP contribution in [0.25, 0.3) is 0 Å². The summed E-state index contributed by atoms with van der Waals surface area (Å²) in [5.74, 6) is -0.821. The number of hydrogen-bond donors (Lipinski definition) is 0. The summed E-state index contributed by atoms with van der Waals surface area (Å²) in [5, 5.41) is 4.74. The minimum Gasteiger partial charge on any atom is -0.342 e. The molecule has 1 aromatic carbocycles. The molecule has 94 valence electrons. The van der Waals surface area contributed by atoms with Crippen LogP contribution in [0.1, 0.15) is 5.56 Å². The Hall–Kier alpha value is -1.43. The summed E-state index contributed by atoms with van der Waals surface area (Å²) in [6, 6.07) is 7.49. The van der Waals surface area contributed by atoms with Crippen molar-refractivity contribution in [3.8, 4) is 0 Å². The highest BCUT2D eigenvalue weighted by molar-refractivity contribution is 6.30. The Morgan fingerprint density at radius 3 is 2.83 bits per heavy atom. The van der Waals surface area contributed by atoms with E-state index < -0.39 is 5.79 Å². The molecule has 0 atom stereocenters. The molecule has 6 heteroatoms. The average Bonchev–Trinajstić information content (AvgIpc) is 3.02. The standard InChI is InChI=1S/C12H12ClN3O2/c13-11-3-1-2-10(6-11)12(17-4-5-18-12)7-16-9-14-8-15-16/h1-3,6,8-9H,4-5,7H2. The second-order valence-electron chi connectivity index (χ2n) is 4.05. The Morgan fingerprint density at radius 2 is 2.17 bits per heavy atom. The fourth-order valence-corrected chi connectivity index (χ4v) is 2.25. The van der Waals surface area contributed by atoms with Gasteiger partial charge in [-0.2, -0.15) is 5.10 Å². The lowest BCUT2D eigenvalue weighted by molar-refractivity contribution is -0.177. The van der Waals surface area contributed by atoms with Gasteiger partial charge in [0.1, 0.15) is 19.2 Å². The van der Waals surface area contributed by atoms with Crippen LogP contribution in [0.2, 0.25) is 5.02 Å². The monoisotopic (exact) mass is 265 g/mol. The van der Waals surface area contributed by atoms with Gasteiger partial charge in [-0.25, -0.2) is 9.67 Å². The number of hydrogen-bond acceptors (Lipinski definition) is 4. The van der Waals surface area contributed by atoms with E-state index in [4.69, 9.17) is 21.1 Å². The third kappa shape index (κ3) is 2.12. The van der Waals surface area contributed by atoms with Gasteiger partial charge in [0.2, 0.25) is 5.79 Å². The zero-order valence-corrected chi connectivity index (χ0v) is 10.4. The Labute approximate surface area is 109 Å². The Bertz CT molecular complexity index is 524. The van der Waals surface area contributed by atoms with E-state index in [1.807, 2.05) is 24.3 Å². The molecule has 5 nitrogen and oxygen atoms in total. The zero-order valence-electron chi connectivity index (χ0n) is 9.62. The van der Waals surface area contributed by atoms with Gasteiger partial charge < -0.3 is 9.47 Å². The first-order valence-corrected chi connectivity index (χ1v) is 6.03. The molecule has 1 aromatic heterocycles. The first-order chi connectivity index (χ1) is 8.78. The van der Waals surface area contributed by atoms with Crippen LogP contribution < -0.4 is 0 Å². The molecule has 0 N–H and O–H groups in total. The predicted molar refractivity (Wildman–Crippen MR) is 65.1 cm³/mol. The van der Waals surface area contributed by atoms with Crippen LogP contribution >= 0.6 is 11.6 Å². The Kier molecular flexibility index (Phi) is 3.03. The molecule has 0 aliphatic carbocycles. The van der Waals surface area contributed by atoms with Crippen molar-refractivity contribution in [1.82, 2.24) is 14.8 Å². The van der Waals surface area contributed by atoms with Crippen LogP contribution in [0.3, 0.4) is 0 Å². The summed E-state index contributed by atoms with van der Waals surface area (Å²) >= 11 is 6.02. The summed E-state index contributed by atoms with van der Waals surface area (Å²) in [5.41, 5.74) is 0.892. The molecule has 0 radical (unpaired) electrons. The number of benzene rings is 1. The van der Waals surface area contributed by atoms with E-state index >= 15 is 0 Å². The summed E-state index contributed by atoms with van der Waals surface area (Å²) in [7, 11) is 0. The van der Waals surface area contributed by atoms with Crippen molar-refractivity contribution in [2.45, 2.75) is 12.3 Å². The molecule has 18 heavy (non-hydrogen) atoms. The molecule has 0 amide bonds. The van der Waals surface area contributed by atoms with E-state index in [9.17, 15) is 0 Å². The maximum absolute atomic E-state index is 6.02. The van der Waals surface area contributed by atoms with Crippen molar-refractivity contribution < 1.29 is 9.47 Å². The van der Waals surface area contributed by atoms with Crippen LogP contribution in [0, 0.1) is 0 Å². The molecule has 0 bridgehead atoms. The third-order valence-electron chi connectivity index (χ3n) is 2.85. The molecule has 0 spiro atoms. The molecule has 1 aliphatic heterocycles. The van der Waals surface area contributed by atoms with Crippen molar-refractivity contribution in [1.29, 1.82) is 0 Å². The summed E-state index contributed by atoms with van der Waals surface area (Å²) in [4.78, 5) is 3.92. The first kappa shape index (κ1) is 11.6. The second-order valence-corrected chi connectivity index (χ2v) is 4.49. The number of nitrogens with zero attached hydrogens (tertiary/aromatic N) is 3. The van der Waals surface area contributed by atoms with E-state index in [0.29, 0.717) is 24.8 Å². The van der Waals surface area contributed by atoms with Gasteiger partial charge in [-0.05, 0) is 12.1 Å². The minimum atomic E-state index is -0.821. The van der Waals surface area contributed by atoms with E-state index in [0.717, 1.165) is 5.56 Å². The summed E-state index contributed by atoms with van der Waals surface area (Å²) in [6.07, 6.45) is 3.12. The summed E-state index contributed by atoms with van der Waals surface area (Å²) < 4.78 is 13.3. The van der Waals surface area contributed by atoms with Crippen LogP contribution in [0.5, 0.6) is 0 Å². The van der Waals surface area contributed by atoms with Crippen LogP contribution in [-0.2, 0) is 21.8 Å². The number of ether oxygens (including phenoxy) is 2. The van der Waals surface area contributed by atoms with Gasteiger partial charge in [0, 0.05) is 10.6 Å². The Balaban J connectivity index is 1.96. The van der Waals surface area contributed by atoms with Gasteiger partial charge in [0.05, 0.1) is 13.2 Å². The average molecular weight is 266 g/mol. The molecule has 1 saturated heterocycles. The van der Waals surface area contributed by atoms with E-state index in [2.05, 4.69) is 10.1 Å². The Morgan fingerprint density at radius 1 is 1.33 bits per heavy atom. The summed E-state index contributed by atoms with van der Waals surface area (Å²) in [6.45, 7) is 1.57. The highest BCUT2D eigenvalue weighted by Gasteiger charge is 2.39. The predicted octanol–water partition coefficient (Wildman–Crippen LogP) is 1.83. The normalized spacial score (nSPS) is 18.1. The first-order valence-electron chi connectivity index (χ1n) is 5.65. The van der Waals surface area contributed by atoms with Crippen molar-refractivity contribution in [2.75, 3.05) is 13.2 Å². The fourth-order valence-electron chi connectivity index (χ4n) is 2.06. The maximum atomic E-state index is 6.02. The van der Waals surface area contributed by atoms with Gasteiger partial charge in [0.15, 0.2) is 0 Å². The van der Waals surface area contributed by atoms with Crippen LogP contribution in [-0.4, -0.2) is 28.0 Å². The molecular formula is C12H12ClN3O2. The topological polar surface area (TPSA) is 49.2 Å². The van der Waals surface area contributed by atoms with Gasteiger partial charge >= 0.3 is 0 Å². The lowest BCUT2D eigenvalue weighted by Crippen LogP contribution is -2.33. The second kappa shape index (κ2) is 4.68. The lowest BCUT2D eigenvalue weighted by atomic mass is 10.1. The van der Waals surface area contributed by atoms with Crippen molar-refractivity contribution in [3.63, 3.8) is 0 Å². The van der Waals surface area contributed by atoms with Crippen molar-refractivity contribution >= 4 is 11.6 Å². The molecule has 0 unspecified atom stereocenters. The molecule has 1 aliphatic rings. The molecular weight excluding hydrogens is 254 g/mol. The number of rotatable bonds is 3. The highest BCUT2D eigenvalue weighted by Crippen LogP contribution is 2.34. The maximum Gasteiger partial charge on any atom is 0.215 e. The van der Waals surface area contributed by atoms with Crippen molar-refractivity contribution in [2.24, 2.45) is 0 Å². The van der Waals surface area contributed by atoms with Gasteiger partial charge in [-0.15, -0.1) is 0 Å². The SMILES string of the molecule is Clc1cccc(C2(Cn3cncn3)OCCO2)c1. The molecule has 2 aromatic rings. The lowest BCUT2D eigenvalue weighted by Gasteiger charge is -2.27. The third-order valence-corrected chi connectivity index (χ3v) is 3.09. The van der Waals surface area contributed by atoms with Crippen LogP contribution in [0.15, 0.2) is 36.9 Å². The molecule has 0 saturated carbocycles. The van der Waals surface area contributed by atoms with Crippen LogP contribution in [0.4, 0.5) is 0 Å². The smallest absolute Gasteiger partial charge is 0.215 e. The minimum absolute atomic E-state index is 0.452. The van der Waals surface area contributed by atoms with Gasteiger partial charge in [-0.1, -0.05) is 23.7 Å². The largest absolute Gasteiger partial charge is 0.342 e. The fraction of sp³-hybridized carbons (Fsp3) is 0.333. The highest BCUT2D eigenvalue weighted by atomic mass is 35.5. The molecule has 1 fully saturated rings. The molecule has 2 heterocycles. The van der Waals surface area contributed by atoms with E-state index in [1.165, 1.54) is 6.33 Å². The number of aromatic nitrogens is 3. The van der Waals surface area contributed by atoms with Gasteiger partial charge in [-0.3, -0.25) is 0 Å². The van der Waals surface area contributed by atoms with E-state index in [-0.39, 0.29) is 0 Å². The number of halogens is 1. The molecule has 3 rings (SSSR count). The van der Waals surface area contributed by atoms with Crippen molar-refractivity contribution in [3.05, 3.63) is 47.5 Å². The zero-order chi connectivity index (χ0) is 12.4. The van der Waals surface area contributed by atoms with Gasteiger partial charge in [0.25, 0.3) is 0 Å². The van der Waals surface area contributed by atoms with E-state index in [1.54, 1.807) is 11.0 Å².